The second-order valence-corrected chi connectivity index (χ2v) is 7.85. The molecule has 1 amide bonds. The molecular weight excluding hydrogens is 376 g/mol. The Morgan fingerprint density at radius 3 is 2.36 bits per heavy atom. The van der Waals surface area contributed by atoms with Gasteiger partial charge >= 0.3 is 0 Å². The molecule has 2 aromatic carbocycles. The molecule has 0 bridgehead atoms. The highest BCUT2D eigenvalue weighted by Gasteiger charge is 2.15. The fraction of sp³-hybridized carbons (Fsp3) is 0.286. The topological polar surface area (TPSA) is 75.7 Å². The van der Waals surface area contributed by atoms with Gasteiger partial charge in [0.15, 0.2) is 0 Å². The quantitative estimate of drug-likeness (QED) is 0.627. The van der Waals surface area contributed by atoms with Gasteiger partial charge in [-0.2, -0.15) is 0 Å². The average molecular weight is 403 g/mol. The standard InChI is InChI=1S/C21H26N2O4S/c1-27-16-15-23(18-20-10-6-3-7-11-20)21(24)12-14-22-28(25,26)17-13-19-8-4-2-5-9-19/h2-11,13,17,22H,12,14-16,18H2,1H3/b17-13+. The van der Waals surface area contributed by atoms with Gasteiger partial charge < -0.3 is 9.64 Å². The zero-order chi connectivity index (χ0) is 20.2. The fourth-order valence-corrected chi connectivity index (χ4v) is 3.36. The van der Waals surface area contributed by atoms with Crippen molar-refractivity contribution in [1.82, 2.24) is 9.62 Å². The maximum absolute atomic E-state index is 12.5. The molecule has 0 radical (unpaired) electrons. The van der Waals surface area contributed by atoms with Crippen molar-refractivity contribution in [3.05, 3.63) is 77.2 Å². The largest absolute Gasteiger partial charge is 0.383 e. The number of hydrogen-bond acceptors (Lipinski definition) is 4. The van der Waals surface area contributed by atoms with Crippen molar-refractivity contribution < 1.29 is 17.9 Å². The van der Waals surface area contributed by atoms with Crippen LogP contribution in [0.5, 0.6) is 0 Å². The van der Waals surface area contributed by atoms with E-state index in [0.717, 1.165) is 16.5 Å². The number of sulfonamides is 1. The van der Waals surface area contributed by atoms with Crippen LogP contribution in [0.2, 0.25) is 0 Å². The Morgan fingerprint density at radius 2 is 1.71 bits per heavy atom. The van der Waals surface area contributed by atoms with Gasteiger partial charge in [-0.05, 0) is 17.2 Å². The molecule has 6 nitrogen and oxygen atoms in total. The van der Waals surface area contributed by atoms with E-state index in [-0.39, 0.29) is 18.9 Å². The van der Waals surface area contributed by atoms with E-state index in [1.165, 1.54) is 6.08 Å². The van der Waals surface area contributed by atoms with Crippen LogP contribution in [0.4, 0.5) is 0 Å². The Bertz CT molecular complexity index is 852. The van der Waals surface area contributed by atoms with Crippen LogP contribution in [0.15, 0.2) is 66.1 Å². The zero-order valence-electron chi connectivity index (χ0n) is 16.0. The van der Waals surface area contributed by atoms with E-state index in [2.05, 4.69) is 4.72 Å². The van der Waals surface area contributed by atoms with Crippen molar-refractivity contribution in [1.29, 1.82) is 0 Å². The third kappa shape index (κ3) is 8.04. The number of carbonyl (C=O) groups excluding carboxylic acids is 1. The summed E-state index contributed by atoms with van der Waals surface area (Å²) < 4.78 is 31.7. The summed E-state index contributed by atoms with van der Waals surface area (Å²) in [4.78, 5) is 14.2. The summed E-state index contributed by atoms with van der Waals surface area (Å²) in [6.07, 6.45) is 1.60. The maximum Gasteiger partial charge on any atom is 0.233 e. The SMILES string of the molecule is COCCN(Cc1ccccc1)C(=O)CCNS(=O)(=O)/C=C/c1ccccc1. The zero-order valence-corrected chi connectivity index (χ0v) is 16.8. The number of benzene rings is 2. The van der Waals surface area contributed by atoms with E-state index in [1.54, 1.807) is 12.0 Å². The Balaban J connectivity index is 1.87. The molecule has 0 aliphatic heterocycles. The smallest absolute Gasteiger partial charge is 0.233 e. The van der Waals surface area contributed by atoms with Crippen molar-refractivity contribution >= 4 is 22.0 Å². The molecule has 2 aromatic rings. The summed E-state index contributed by atoms with van der Waals surface area (Å²) in [7, 11) is -2.02. The minimum Gasteiger partial charge on any atom is -0.383 e. The first-order valence-electron chi connectivity index (χ1n) is 9.03. The molecule has 7 heteroatoms. The van der Waals surface area contributed by atoms with Crippen molar-refractivity contribution in [2.45, 2.75) is 13.0 Å². The molecule has 0 aromatic heterocycles. The summed E-state index contributed by atoms with van der Waals surface area (Å²) in [6, 6.07) is 18.8. The van der Waals surface area contributed by atoms with Gasteiger partial charge in [0, 0.05) is 38.6 Å². The summed E-state index contributed by atoms with van der Waals surface area (Å²) in [5.41, 5.74) is 1.80. The number of nitrogens with zero attached hydrogens (tertiary/aromatic N) is 1. The minimum absolute atomic E-state index is 0.0402. The van der Waals surface area contributed by atoms with Gasteiger partial charge in [-0.1, -0.05) is 60.7 Å². The van der Waals surface area contributed by atoms with Crippen LogP contribution in [-0.2, 0) is 26.1 Å². The Labute approximate surface area is 166 Å². The van der Waals surface area contributed by atoms with E-state index in [4.69, 9.17) is 4.74 Å². The molecule has 2 rings (SSSR count). The van der Waals surface area contributed by atoms with Crippen LogP contribution in [-0.4, -0.2) is 46.0 Å². The third-order valence-electron chi connectivity index (χ3n) is 4.02. The van der Waals surface area contributed by atoms with Crippen LogP contribution in [0.25, 0.3) is 6.08 Å². The molecule has 0 spiro atoms. The minimum atomic E-state index is -3.60. The Kier molecular flexibility index (Phi) is 8.87. The summed E-state index contributed by atoms with van der Waals surface area (Å²) in [6.45, 7) is 1.37. The molecule has 0 saturated heterocycles. The lowest BCUT2D eigenvalue weighted by Crippen LogP contribution is -2.36. The summed E-state index contributed by atoms with van der Waals surface area (Å²) in [5.74, 6) is -0.129. The van der Waals surface area contributed by atoms with Crippen molar-refractivity contribution in [3.8, 4) is 0 Å². The van der Waals surface area contributed by atoms with Crippen LogP contribution in [0.1, 0.15) is 17.5 Å². The molecule has 0 aliphatic carbocycles. The number of rotatable bonds is 11. The van der Waals surface area contributed by atoms with Gasteiger partial charge in [0.25, 0.3) is 0 Å². The van der Waals surface area contributed by atoms with Gasteiger partial charge in [-0.15, -0.1) is 0 Å². The van der Waals surface area contributed by atoms with Crippen LogP contribution in [0.3, 0.4) is 0 Å². The van der Waals surface area contributed by atoms with Crippen LogP contribution < -0.4 is 4.72 Å². The first-order valence-corrected chi connectivity index (χ1v) is 10.6. The molecule has 0 fully saturated rings. The van der Waals surface area contributed by atoms with E-state index in [0.29, 0.717) is 19.7 Å². The second-order valence-electron chi connectivity index (χ2n) is 6.20. The molecule has 0 aliphatic rings. The van der Waals surface area contributed by atoms with Gasteiger partial charge in [0.05, 0.1) is 6.61 Å². The molecule has 1 N–H and O–H groups in total. The summed E-state index contributed by atoms with van der Waals surface area (Å²) in [5, 5.41) is 1.11. The molecular formula is C21H26N2O4S. The monoisotopic (exact) mass is 402 g/mol. The molecule has 0 saturated carbocycles. The van der Waals surface area contributed by atoms with Crippen molar-refractivity contribution in [3.63, 3.8) is 0 Å². The van der Waals surface area contributed by atoms with E-state index < -0.39 is 10.0 Å². The fourth-order valence-electron chi connectivity index (χ4n) is 2.54. The normalized spacial score (nSPS) is 11.6. The average Bonchev–Trinajstić information content (AvgIpc) is 2.71. The predicted octanol–water partition coefficient (Wildman–Crippen LogP) is 2.64. The third-order valence-corrected chi connectivity index (χ3v) is 5.12. The number of nitrogens with one attached hydrogen (secondary N) is 1. The lowest BCUT2D eigenvalue weighted by molar-refractivity contribution is -0.132. The molecule has 0 atom stereocenters. The van der Waals surface area contributed by atoms with Crippen molar-refractivity contribution in [2.24, 2.45) is 0 Å². The van der Waals surface area contributed by atoms with Gasteiger partial charge in [0.1, 0.15) is 0 Å². The number of ether oxygens (including phenoxy) is 1. The lowest BCUT2D eigenvalue weighted by Gasteiger charge is -2.22. The maximum atomic E-state index is 12.5. The first kappa shape index (κ1) is 21.8. The van der Waals surface area contributed by atoms with E-state index >= 15 is 0 Å². The highest BCUT2D eigenvalue weighted by molar-refractivity contribution is 7.92. The molecule has 150 valence electrons. The van der Waals surface area contributed by atoms with Crippen LogP contribution in [0, 0.1) is 0 Å². The van der Waals surface area contributed by atoms with Gasteiger partial charge in [-0.3, -0.25) is 4.79 Å². The molecule has 0 heterocycles. The summed E-state index contributed by atoms with van der Waals surface area (Å²) >= 11 is 0. The molecule has 0 unspecified atom stereocenters. The number of carbonyl (C=O) groups is 1. The van der Waals surface area contributed by atoms with Gasteiger partial charge in [-0.25, -0.2) is 13.1 Å². The number of hydrogen-bond donors (Lipinski definition) is 1. The van der Waals surface area contributed by atoms with Gasteiger partial charge in [0.2, 0.25) is 15.9 Å². The number of amides is 1. The second kappa shape index (κ2) is 11.4. The highest BCUT2D eigenvalue weighted by atomic mass is 32.2. The highest BCUT2D eigenvalue weighted by Crippen LogP contribution is 2.07. The van der Waals surface area contributed by atoms with E-state index in [1.807, 2.05) is 60.7 Å². The predicted molar refractivity (Wildman–Crippen MR) is 111 cm³/mol. The van der Waals surface area contributed by atoms with Crippen LogP contribution >= 0.6 is 0 Å². The Hall–Kier alpha value is -2.48. The molecule has 28 heavy (non-hydrogen) atoms. The first-order chi connectivity index (χ1) is 13.5. The lowest BCUT2D eigenvalue weighted by atomic mass is 10.2. The number of methoxy groups -OCH3 is 1. The Morgan fingerprint density at radius 1 is 1.07 bits per heavy atom. The van der Waals surface area contributed by atoms with E-state index in [9.17, 15) is 13.2 Å². The van der Waals surface area contributed by atoms with Crippen molar-refractivity contribution in [2.75, 3.05) is 26.8 Å².